The number of benzene rings is 1. The van der Waals surface area contributed by atoms with E-state index < -0.39 is 0 Å². The second-order valence-electron chi connectivity index (χ2n) is 9.25. The van der Waals surface area contributed by atoms with Crippen molar-refractivity contribution in [3.05, 3.63) is 71.3 Å². The highest BCUT2D eigenvalue weighted by Gasteiger charge is 2.26. The summed E-state index contributed by atoms with van der Waals surface area (Å²) in [6, 6.07) is 15.0. The number of aromatic nitrogens is 4. The molecular formula is C28H31N5O3. The molecule has 36 heavy (non-hydrogen) atoms. The molecule has 0 radical (unpaired) electrons. The average Bonchev–Trinajstić information content (AvgIpc) is 3.39. The molecule has 2 N–H and O–H groups in total. The quantitative estimate of drug-likeness (QED) is 0.447. The molecule has 0 unspecified atom stereocenters. The number of carbonyl (C=O) groups excluding carboxylic acids is 1. The van der Waals surface area contributed by atoms with Gasteiger partial charge >= 0.3 is 0 Å². The minimum Gasteiger partial charge on any atom is -0.378 e. The number of fused-ring (bicyclic) bond motifs is 1. The van der Waals surface area contributed by atoms with E-state index in [0.717, 1.165) is 72.8 Å². The zero-order valence-corrected chi connectivity index (χ0v) is 20.3. The zero-order chi connectivity index (χ0) is 24.7. The molecule has 1 amide bonds. The topological polar surface area (TPSA) is 104 Å². The number of hydrogen-bond acceptors (Lipinski definition) is 5. The van der Waals surface area contributed by atoms with Crippen molar-refractivity contribution in [2.75, 3.05) is 26.3 Å². The Morgan fingerprint density at radius 3 is 2.42 bits per heavy atom. The minimum atomic E-state index is -0.123. The van der Waals surface area contributed by atoms with Crippen LogP contribution >= 0.6 is 0 Å². The number of H-pyrrole nitrogens is 2. The van der Waals surface area contributed by atoms with E-state index in [9.17, 15) is 9.59 Å². The lowest BCUT2D eigenvalue weighted by Gasteiger charge is -2.31. The third kappa shape index (κ3) is 5.71. The second-order valence-corrected chi connectivity index (χ2v) is 9.25. The molecule has 1 aliphatic heterocycles. The van der Waals surface area contributed by atoms with Gasteiger partial charge in [0.25, 0.3) is 0 Å². The molecule has 4 aromatic rings. The van der Waals surface area contributed by atoms with Crippen LogP contribution in [0.4, 0.5) is 0 Å². The number of para-hydroxylation sites is 2. The standard InChI is InChI=1S/C17H12N4O.C11H19NO2/c22-16-8-6-11(9-19-16)13-7-5-12(10-18-13)17-20-14-3-1-2-4-15(14)21-17;13-11(10-4-2-1-3-5-10)12-6-8-14-9-7-12/h1-10H,(H,19,22)(H,20,21);10H,1-9H2. The molecule has 4 heterocycles. The van der Waals surface area contributed by atoms with Crippen molar-refractivity contribution >= 4 is 16.9 Å². The van der Waals surface area contributed by atoms with Crippen molar-refractivity contribution in [1.29, 1.82) is 0 Å². The molecule has 2 fully saturated rings. The van der Waals surface area contributed by atoms with Gasteiger partial charge in [-0.1, -0.05) is 31.4 Å². The van der Waals surface area contributed by atoms with Gasteiger partial charge < -0.3 is 19.6 Å². The SMILES string of the molecule is O=C(C1CCCCC1)N1CCOCC1.O=c1ccc(-c2ccc(-c3nc4ccccc4[nH]3)cn2)c[nH]1. The summed E-state index contributed by atoms with van der Waals surface area (Å²) >= 11 is 0. The van der Waals surface area contributed by atoms with Gasteiger partial charge in [0.05, 0.1) is 29.9 Å². The monoisotopic (exact) mass is 485 g/mol. The molecule has 3 aromatic heterocycles. The van der Waals surface area contributed by atoms with Crippen LogP contribution in [0.3, 0.4) is 0 Å². The van der Waals surface area contributed by atoms with Gasteiger partial charge in [-0.2, -0.15) is 0 Å². The van der Waals surface area contributed by atoms with Gasteiger partial charge in [0, 0.05) is 48.6 Å². The highest BCUT2D eigenvalue weighted by molar-refractivity contribution is 5.79. The lowest BCUT2D eigenvalue weighted by Crippen LogP contribution is -2.44. The summed E-state index contributed by atoms with van der Waals surface area (Å²) in [5.41, 5.74) is 4.41. The van der Waals surface area contributed by atoms with Gasteiger partial charge in [0.15, 0.2) is 0 Å². The van der Waals surface area contributed by atoms with Gasteiger partial charge in [-0.05, 0) is 43.2 Å². The number of rotatable bonds is 3. The number of aromatic amines is 2. The number of nitrogens with zero attached hydrogens (tertiary/aromatic N) is 3. The van der Waals surface area contributed by atoms with E-state index in [2.05, 4.69) is 19.9 Å². The van der Waals surface area contributed by atoms with Crippen molar-refractivity contribution in [2.45, 2.75) is 32.1 Å². The Morgan fingerprint density at radius 1 is 0.944 bits per heavy atom. The normalized spacial score (nSPS) is 16.4. The number of carbonyl (C=O) groups is 1. The summed E-state index contributed by atoms with van der Waals surface area (Å²) in [5, 5.41) is 0. The Morgan fingerprint density at radius 2 is 1.72 bits per heavy atom. The molecule has 0 spiro atoms. The molecule has 186 valence electrons. The molecule has 6 rings (SSSR count). The molecule has 8 nitrogen and oxygen atoms in total. The van der Waals surface area contributed by atoms with Crippen LogP contribution in [0.25, 0.3) is 33.7 Å². The second kappa shape index (κ2) is 11.3. The fraction of sp³-hybridized carbons (Fsp3) is 0.357. The molecule has 1 aromatic carbocycles. The number of morpholine rings is 1. The third-order valence-corrected chi connectivity index (χ3v) is 6.78. The fourth-order valence-corrected chi connectivity index (χ4v) is 4.76. The van der Waals surface area contributed by atoms with E-state index in [0.29, 0.717) is 11.8 Å². The van der Waals surface area contributed by atoms with E-state index in [-0.39, 0.29) is 5.56 Å². The fourth-order valence-electron chi connectivity index (χ4n) is 4.76. The minimum absolute atomic E-state index is 0.123. The summed E-state index contributed by atoms with van der Waals surface area (Å²) in [4.78, 5) is 40.0. The number of nitrogens with one attached hydrogen (secondary N) is 2. The molecule has 8 heteroatoms. The zero-order valence-electron chi connectivity index (χ0n) is 20.3. The first-order valence-corrected chi connectivity index (χ1v) is 12.6. The van der Waals surface area contributed by atoms with Crippen LogP contribution in [0.2, 0.25) is 0 Å². The molecule has 1 saturated carbocycles. The van der Waals surface area contributed by atoms with Crippen LogP contribution < -0.4 is 5.56 Å². The van der Waals surface area contributed by atoms with E-state index in [1.807, 2.05) is 41.3 Å². The van der Waals surface area contributed by atoms with Crippen LogP contribution in [-0.4, -0.2) is 57.0 Å². The van der Waals surface area contributed by atoms with Gasteiger partial charge in [0.2, 0.25) is 11.5 Å². The van der Waals surface area contributed by atoms with Crippen molar-refractivity contribution in [3.63, 3.8) is 0 Å². The molecule has 2 aliphatic rings. The number of imidazole rings is 1. The van der Waals surface area contributed by atoms with Gasteiger partial charge in [-0.15, -0.1) is 0 Å². The van der Waals surface area contributed by atoms with Gasteiger partial charge in [0.1, 0.15) is 5.82 Å². The molecular weight excluding hydrogens is 454 g/mol. The first-order valence-electron chi connectivity index (χ1n) is 12.6. The predicted octanol–water partition coefficient (Wildman–Crippen LogP) is 4.41. The first kappa shape index (κ1) is 23.9. The summed E-state index contributed by atoms with van der Waals surface area (Å²) in [5.74, 6) is 1.50. The summed E-state index contributed by atoms with van der Waals surface area (Å²) in [6.07, 6.45) is 9.43. The molecule has 1 aliphatic carbocycles. The van der Waals surface area contributed by atoms with Crippen LogP contribution in [0.15, 0.2) is 65.7 Å². The Labute approximate surface area is 209 Å². The van der Waals surface area contributed by atoms with Gasteiger partial charge in [-0.3, -0.25) is 14.6 Å². The van der Waals surface area contributed by atoms with Gasteiger partial charge in [-0.25, -0.2) is 4.98 Å². The number of amides is 1. The Hall–Kier alpha value is -3.78. The van der Waals surface area contributed by atoms with Crippen LogP contribution in [0.1, 0.15) is 32.1 Å². The predicted molar refractivity (Wildman–Crippen MR) is 139 cm³/mol. The summed E-state index contributed by atoms with van der Waals surface area (Å²) in [7, 11) is 0. The van der Waals surface area contributed by atoms with Crippen molar-refractivity contribution in [3.8, 4) is 22.6 Å². The van der Waals surface area contributed by atoms with Crippen molar-refractivity contribution in [1.82, 2.24) is 24.8 Å². The maximum absolute atomic E-state index is 12.0. The van der Waals surface area contributed by atoms with E-state index in [1.165, 1.54) is 25.3 Å². The average molecular weight is 486 g/mol. The Bertz CT molecular complexity index is 1280. The largest absolute Gasteiger partial charge is 0.378 e. The highest BCUT2D eigenvalue weighted by atomic mass is 16.5. The lowest BCUT2D eigenvalue weighted by molar-refractivity contribution is -0.140. The van der Waals surface area contributed by atoms with Crippen molar-refractivity contribution in [2.24, 2.45) is 5.92 Å². The van der Waals surface area contributed by atoms with Crippen LogP contribution in [-0.2, 0) is 9.53 Å². The Kier molecular flexibility index (Phi) is 7.52. The number of ether oxygens (including phenoxy) is 1. The van der Waals surface area contributed by atoms with E-state index >= 15 is 0 Å². The van der Waals surface area contributed by atoms with Crippen LogP contribution in [0, 0.1) is 5.92 Å². The summed E-state index contributed by atoms with van der Waals surface area (Å²) in [6.45, 7) is 3.04. The van der Waals surface area contributed by atoms with Crippen molar-refractivity contribution < 1.29 is 9.53 Å². The van der Waals surface area contributed by atoms with E-state index in [1.54, 1.807) is 18.5 Å². The molecule has 0 bridgehead atoms. The molecule has 1 saturated heterocycles. The maximum Gasteiger partial charge on any atom is 0.247 e. The summed E-state index contributed by atoms with van der Waals surface area (Å²) < 4.78 is 5.24. The Balaban J connectivity index is 0.000000165. The number of hydrogen-bond donors (Lipinski definition) is 2. The first-order chi connectivity index (χ1) is 17.7. The maximum atomic E-state index is 12.0. The molecule has 0 atom stereocenters. The lowest BCUT2D eigenvalue weighted by atomic mass is 9.88. The smallest absolute Gasteiger partial charge is 0.247 e. The third-order valence-electron chi connectivity index (χ3n) is 6.78. The highest BCUT2D eigenvalue weighted by Crippen LogP contribution is 2.26. The van der Waals surface area contributed by atoms with Crippen LogP contribution in [0.5, 0.6) is 0 Å². The van der Waals surface area contributed by atoms with E-state index in [4.69, 9.17) is 4.74 Å². The number of pyridine rings is 2.